The Labute approximate surface area is 172 Å². The van der Waals surface area contributed by atoms with E-state index in [0.717, 1.165) is 16.8 Å². The Balaban J connectivity index is 1.70. The number of pyridine rings is 1. The van der Waals surface area contributed by atoms with Crippen molar-refractivity contribution < 1.29 is 18.1 Å². The van der Waals surface area contributed by atoms with Crippen LogP contribution in [-0.2, 0) is 10.0 Å². The number of carbonyl (C=O) groups is 1. The van der Waals surface area contributed by atoms with Crippen molar-refractivity contribution in [2.75, 3.05) is 31.9 Å². The van der Waals surface area contributed by atoms with Crippen LogP contribution in [0.1, 0.15) is 17.3 Å². The van der Waals surface area contributed by atoms with E-state index in [-0.39, 0.29) is 42.7 Å². The van der Waals surface area contributed by atoms with E-state index in [1.165, 1.54) is 22.5 Å². The van der Waals surface area contributed by atoms with Gasteiger partial charge in [0.05, 0.1) is 14.8 Å². The van der Waals surface area contributed by atoms with Crippen LogP contribution in [0.3, 0.4) is 0 Å². The first kappa shape index (κ1) is 21.2. The molecule has 1 amide bonds. The maximum absolute atomic E-state index is 12.8. The normalized spacial score (nSPS) is 15.3. The summed E-state index contributed by atoms with van der Waals surface area (Å²) >= 11 is 1.54. The molecule has 11 heteroatoms. The van der Waals surface area contributed by atoms with Crippen LogP contribution in [0.4, 0.5) is 5.69 Å². The zero-order valence-electron chi connectivity index (χ0n) is 15.7. The lowest BCUT2D eigenvalue weighted by Crippen LogP contribution is -2.50. The highest BCUT2D eigenvalue weighted by Crippen LogP contribution is 2.23. The van der Waals surface area contributed by atoms with Gasteiger partial charge in [-0.05, 0) is 24.0 Å². The Hall–Kier alpha value is -2.50. The van der Waals surface area contributed by atoms with Crippen LogP contribution >= 0.6 is 11.8 Å². The lowest BCUT2D eigenvalue weighted by molar-refractivity contribution is -0.385. The zero-order valence-corrected chi connectivity index (χ0v) is 17.4. The Kier molecular flexibility index (Phi) is 6.50. The fraction of sp³-hybridized carbons (Fsp3) is 0.333. The van der Waals surface area contributed by atoms with E-state index in [1.807, 2.05) is 6.92 Å². The van der Waals surface area contributed by atoms with Crippen molar-refractivity contribution in [2.45, 2.75) is 16.8 Å². The highest BCUT2D eigenvalue weighted by Gasteiger charge is 2.31. The maximum atomic E-state index is 12.8. The van der Waals surface area contributed by atoms with Crippen LogP contribution in [0, 0.1) is 10.1 Å². The molecule has 3 rings (SSSR count). The number of piperazine rings is 1. The third-order valence-corrected chi connectivity index (χ3v) is 7.17. The molecule has 1 saturated heterocycles. The Morgan fingerprint density at radius 3 is 2.59 bits per heavy atom. The molecule has 0 spiro atoms. The molecule has 29 heavy (non-hydrogen) atoms. The second-order valence-electron chi connectivity index (χ2n) is 6.27. The van der Waals surface area contributed by atoms with E-state index >= 15 is 0 Å². The monoisotopic (exact) mass is 436 g/mol. The van der Waals surface area contributed by atoms with E-state index in [1.54, 1.807) is 35.0 Å². The molecule has 0 N–H and O–H groups in total. The summed E-state index contributed by atoms with van der Waals surface area (Å²) in [5, 5.41) is 11.7. The fourth-order valence-electron chi connectivity index (χ4n) is 2.99. The predicted octanol–water partition coefficient (Wildman–Crippen LogP) is 2.25. The lowest BCUT2D eigenvalue weighted by atomic mass is 10.2. The number of sulfonamides is 1. The zero-order chi connectivity index (χ0) is 21.0. The standard InChI is InChI=1S/C18H20N4O5S2/c1-2-28-17-12-14(6-7-19-17)18(23)20-8-10-21(11-9-20)29(26,27)16-5-3-4-15(13-16)22(24)25/h3-7,12-13H,2,8-11H2,1H3. The van der Waals surface area contributed by atoms with Crippen LogP contribution in [0.15, 0.2) is 52.5 Å². The van der Waals surface area contributed by atoms with Crippen LogP contribution < -0.4 is 0 Å². The highest BCUT2D eigenvalue weighted by atomic mass is 32.2. The molecule has 1 aromatic carbocycles. The predicted molar refractivity (Wildman–Crippen MR) is 108 cm³/mol. The summed E-state index contributed by atoms with van der Waals surface area (Å²) < 4.78 is 26.9. The molecule has 2 aromatic rings. The summed E-state index contributed by atoms with van der Waals surface area (Å²) in [6, 6.07) is 8.37. The molecule has 9 nitrogen and oxygen atoms in total. The van der Waals surface area contributed by atoms with E-state index in [4.69, 9.17) is 0 Å². The number of hydrogen-bond acceptors (Lipinski definition) is 7. The largest absolute Gasteiger partial charge is 0.336 e. The first-order valence-electron chi connectivity index (χ1n) is 8.95. The van der Waals surface area contributed by atoms with Gasteiger partial charge in [-0.15, -0.1) is 11.8 Å². The Bertz CT molecular complexity index is 1020. The smallest absolute Gasteiger partial charge is 0.270 e. The molecule has 1 fully saturated rings. The van der Waals surface area contributed by atoms with Gasteiger partial charge >= 0.3 is 0 Å². The van der Waals surface area contributed by atoms with Gasteiger partial charge < -0.3 is 4.90 Å². The van der Waals surface area contributed by atoms with Gasteiger partial charge in [0, 0.05) is 50.1 Å². The lowest BCUT2D eigenvalue weighted by Gasteiger charge is -2.34. The van der Waals surface area contributed by atoms with Gasteiger partial charge in [-0.2, -0.15) is 4.31 Å². The van der Waals surface area contributed by atoms with Crippen molar-refractivity contribution in [2.24, 2.45) is 0 Å². The first-order chi connectivity index (χ1) is 13.8. The van der Waals surface area contributed by atoms with Crippen LogP contribution in [0.25, 0.3) is 0 Å². The molecular formula is C18H20N4O5S2. The molecular weight excluding hydrogens is 416 g/mol. The molecule has 154 valence electrons. The third-order valence-electron chi connectivity index (χ3n) is 4.47. The number of carbonyl (C=O) groups excluding carboxylic acids is 1. The third kappa shape index (κ3) is 4.74. The number of nitrogens with zero attached hydrogens (tertiary/aromatic N) is 4. The summed E-state index contributed by atoms with van der Waals surface area (Å²) in [5.41, 5.74) is 0.240. The minimum absolute atomic E-state index is 0.123. The van der Waals surface area contributed by atoms with Crippen molar-refractivity contribution in [3.63, 3.8) is 0 Å². The number of aromatic nitrogens is 1. The molecule has 0 bridgehead atoms. The summed E-state index contributed by atoms with van der Waals surface area (Å²) in [4.78, 5) is 28.7. The minimum atomic E-state index is -3.87. The minimum Gasteiger partial charge on any atom is -0.336 e. The van der Waals surface area contributed by atoms with Crippen molar-refractivity contribution in [1.29, 1.82) is 0 Å². The van der Waals surface area contributed by atoms with Crippen LogP contribution in [-0.4, -0.2) is 65.4 Å². The molecule has 0 saturated carbocycles. The number of benzene rings is 1. The molecule has 1 aliphatic rings. The van der Waals surface area contributed by atoms with Gasteiger partial charge in [0.15, 0.2) is 0 Å². The van der Waals surface area contributed by atoms with Crippen molar-refractivity contribution in [1.82, 2.24) is 14.2 Å². The van der Waals surface area contributed by atoms with E-state index in [2.05, 4.69) is 4.98 Å². The second-order valence-corrected chi connectivity index (χ2v) is 9.49. The Morgan fingerprint density at radius 2 is 1.93 bits per heavy atom. The average Bonchev–Trinajstić information content (AvgIpc) is 2.74. The van der Waals surface area contributed by atoms with Gasteiger partial charge in [-0.3, -0.25) is 14.9 Å². The molecule has 2 heterocycles. The number of thioether (sulfide) groups is 1. The summed E-state index contributed by atoms with van der Waals surface area (Å²) in [6.45, 7) is 2.73. The first-order valence-corrected chi connectivity index (χ1v) is 11.4. The Morgan fingerprint density at radius 1 is 1.21 bits per heavy atom. The van der Waals surface area contributed by atoms with Gasteiger partial charge in [0.25, 0.3) is 11.6 Å². The average molecular weight is 437 g/mol. The van der Waals surface area contributed by atoms with E-state index < -0.39 is 14.9 Å². The van der Waals surface area contributed by atoms with Crippen LogP contribution in [0.2, 0.25) is 0 Å². The van der Waals surface area contributed by atoms with Gasteiger partial charge in [-0.1, -0.05) is 13.0 Å². The number of non-ortho nitro benzene ring substituents is 1. The molecule has 0 atom stereocenters. The quantitative estimate of drug-likeness (QED) is 0.388. The second kappa shape index (κ2) is 8.89. The molecule has 1 aliphatic heterocycles. The van der Waals surface area contributed by atoms with Gasteiger partial charge in [0.2, 0.25) is 10.0 Å². The van der Waals surface area contributed by atoms with Gasteiger partial charge in [-0.25, -0.2) is 13.4 Å². The molecule has 0 aliphatic carbocycles. The molecule has 0 unspecified atom stereocenters. The molecule has 1 aromatic heterocycles. The highest BCUT2D eigenvalue weighted by molar-refractivity contribution is 7.99. The SMILES string of the molecule is CCSc1cc(C(=O)N2CCN(S(=O)(=O)c3cccc([N+](=O)[O-])c3)CC2)ccn1. The summed E-state index contributed by atoms with van der Waals surface area (Å²) in [6.07, 6.45) is 1.59. The molecule has 0 radical (unpaired) electrons. The number of rotatable bonds is 6. The van der Waals surface area contributed by atoms with E-state index in [0.29, 0.717) is 5.56 Å². The van der Waals surface area contributed by atoms with Crippen molar-refractivity contribution in [3.05, 3.63) is 58.3 Å². The van der Waals surface area contributed by atoms with Crippen molar-refractivity contribution >= 4 is 33.4 Å². The topological polar surface area (TPSA) is 114 Å². The van der Waals surface area contributed by atoms with Crippen LogP contribution in [0.5, 0.6) is 0 Å². The van der Waals surface area contributed by atoms with E-state index in [9.17, 15) is 23.3 Å². The number of nitro groups is 1. The van der Waals surface area contributed by atoms with Crippen molar-refractivity contribution in [3.8, 4) is 0 Å². The number of amides is 1. The van der Waals surface area contributed by atoms with Gasteiger partial charge in [0.1, 0.15) is 0 Å². The maximum Gasteiger partial charge on any atom is 0.270 e. The number of nitro benzene ring substituents is 1. The number of hydrogen-bond donors (Lipinski definition) is 0. The summed E-state index contributed by atoms with van der Waals surface area (Å²) in [7, 11) is -3.87. The fourth-order valence-corrected chi connectivity index (χ4v) is 5.09. The summed E-state index contributed by atoms with van der Waals surface area (Å²) in [5.74, 6) is 0.677.